The molecule has 20 heavy (non-hydrogen) atoms. The van der Waals surface area contributed by atoms with E-state index in [1.807, 2.05) is 26.0 Å². The molecule has 0 bridgehead atoms. The van der Waals surface area contributed by atoms with Crippen molar-refractivity contribution in [2.75, 3.05) is 0 Å². The second-order valence-corrected chi connectivity index (χ2v) is 5.21. The topological polar surface area (TPSA) is 69.9 Å². The molecule has 2 N–H and O–H groups in total. The SMILES string of the molecule is CC(C)c1nc(Cn2cc(CN)c3ccccc32)no1. The highest BCUT2D eigenvalue weighted by atomic mass is 16.5. The molecule has 0 saturated heterocycles. The van der Waals surface area contributed by atoms with Crippen LogP contribution in [-0.2, 0) is 13.1 Å². The van der Waals surface area contributed by atoms with E-state index in [-0.39, 0.29) is 5.92 Å². The van der Waals surface area contributed by atoms with Gasteiger partial charge in [-0.1, -0.05) is 37.2 Å². The van der Waals surface area contributed by atoms with Gasteiger partial charge in [0, 0.05) is 29.6 Å². The number of nitrogens with zero attached hydrogens (tertiary/aromatic N) is 3. The zero-order chi connectivity index (χ0) is 14.1. The number of fused-ring (bicyclic) bond motifs is 1. The Morgan fingerprint density at radius 3 is 2.80 bits per heavy atom. The van der Waals surface area contributed by atoms with E-state index >= 15 is 0 Å². The lowest BCUT2D eigenvalue weighted by Crippen LogP contribution is -2.01. The summed E-state index contributed by atoms with van der Waals surface area (Å²) in [4.78, 5) is 4.42. The van der Waals surface area contributed by atoms with Crippen LogP contribution in [0.15, 0.2) is 35.0 Å². The van der Waals surface area contributed by atoms with Gasteiger partial charge < -0.3 is 14.8 Å². The number of benzene rings is 1. The fraction of sp³-hybridized carbons (Fsp3) is 0.333. The lowest BCUT2D eigenvalue weighted by Gasteiger charge is -2.00. The van der Waals surface area contributed by atoms with Crippen molar-refractivity contribution >= 4 is 10.9 Å². The molecule has 0 aliphatic rings. The van der Waals surface area contributed by atoms with Crippen molar-refractivity contribution in [2.45, 2.75) is 32.9 Å². The fourth-order valence-electron chi connectivity index (χ4n) is 2.33. The van der Waals surface area contributed by atoms with Crippen LogP contribution >= 0.6 is 0 Å². The highest BCUT2D eigenvalue weighted by Gasteiger charge is 2.12. The van der Waals surface area contributed by atoms with E-state index in [0.717, 1.165) is 11.1 Å². The summed E-state index contributed by atoms with van der Waals surface area (Å²) in [6, 6.07) is 8.22. The summed E-state index contributed by atoms with van der Waals surface area (Å²) in [6.07, 6.45) is 2.07. The van der Waals surface area contributed by atoms with E-state index in [0.29, 0.717) is 24.8 Å². The summed E-state index contributed by atoms with van der Waals surface area (Å²) in [5.41, 5.74) is 8.08. The second kappa shape index (κ2) is 5.09. The highest BCUT2D eigenvalue weighted by molar-refractivity contribution is 5.83. The van der Waals surface area contributed by atoms with Crippen LogP contribution in [0.4, 0.5) is 0 Å². The minimum atomic E-state index is 0.247. The second-order valence-electron chi connectivity index (χ2n) is 5.21. The van der Waals surface area contributed by atoms with Gasteiger partial charge >= 0.3 is 0 Å². The number of para-hydroxylation sites is 1. The third-order valence-corrected chi connectivity index (χ3v) is 3.38. The van der Waals surface area contributed by atoms with Crippen molar-refractivity contribution in [1.29, 1.82) is 0 Å². The van der Waals surface area contributed by atoms with E-state index in [1.165, 1.54) is 5.39 Å². The number of hydrogen-bond donors (Lipinski definition) is 1. The molecule has 5 heteroatoms. The zero-order valence-electron chi connectivity index (χ0n) is 11.7. The Labute approximate surface area is 117 Å². The normalized spacial score (nSPS) is 11.6. The Morgan fingerprint density at radius 2 is 2.10 bits per heavy atom. The molecular formula is C15H18N4O. The Morgan fingerprint density at radius 1 is 1.30 bits per heavy atom. The van der Waals surface area contributed by atoms with Crippen molar-refractivity contribution in [3.05, 3.63) is 47.7 Å². The summed E-state index contributed by atoms with van der Waals surface area (Å²) in [7, 11) is 0. The number of hydrogen-bond acceptors (Lipinski definition) is 4. The van der Waals surface area contributed by atoms with Gasteiger partial charge in [-0.15, -0.1) is 0 Å². The molecule has 0 amide bonds. The number of rotatable bonds is 4. The minimum absolute atomic E-state index is 0.247. The fourth-order valence-corrected chi connectivity index (χ4v) is 2.33. The van der Waals surface area contributed by atoms with Crippen LogP contribution in [0.2, 0.25) is 0 Å². The molecule has 1 aromatic carbocycles. The van der Waals surface area contributed by atoms with Crippen LogP contribution in [0.3, 0.4) is 0 Å². The molecule has 0 unspecified atom stereocenters. The summed E-state index contributed by atoms with van der Waals surface area (Å²) in [5, 5.41) is 5.22. The first-order valence-corrected chi connectivity index (χ1v) is 6.78. The van der Waals surface area contributed by atoms with Gasteiger partial charge in [0.2, 0.25) is 5.89 Å². The lowest BCUT2D eigenvalue weighted by atomic mass is 10.2. The predicted octanol–water partition coefficient (Wildman–Crippen LogP) is 2.65. The molecule has 0 saturated carbocycles. The van der Waals surface area contributed by atoms with E-state index < -0.39 is 0 Å². The number of nitrogens with two attached hydrogens (primary N) is 1. The van der Waals surface area contributed by atoms with Crippen LogP contribution in [0, 0.1) is 0 Å². The molecule has 2 heterocycles. The van der Waals surface area contributed by atoms with Gasteiger partial charge in [-0.2, -0.15) is 4.98 Å². The first-order chi connectivity index (χ1) is 9.69. The van der Waals surface area contributed by atoms with E-state index in [4.69, 9.17) is 10.3 Å². The van der Waals surface area contributed by atoms with Crippen LogP contribution in [0.1, 0.15) is 37.0 Å². The molecule has 0 radical (unpaired) electrons. The molecule has 5 nitrogen and oxygen atoms in total. The highest BCUT2D eigenvalue weighted by Crippen LogP contribution is 2.22. The molecule has 3 aromatic rings. The average Bonchev–Trinajstić information content (AvgIpc) is 3.05. The third kappa shape index (κ3) is 2.20. The monoisotopic (exact) mass is 270 g/mol. The Kier molecular flexibility index (Phi) is 3.28. The third-order valence-electron chi connectivity index (χ3n) is 3.38. The summed E-state index contributed by atoms with van der Waals surface area (Å²) in [6.45, 7) is 5.19. The molecule has 3 rings (SSSR count). The molecule has 0 spiro atoms. The molecule has 104 valence electrons. The maximum Gasteiger partial charge on any atom is 0.229 e. The summed E-state index contributed by atoms with van der Waals surface area (Å²) >= 11 is 0. The zero-order valence-corrected chi connectivity index (χ0v) is 11.7. The van der Waals surface area contributed by atoms with Crippen molar-refractivity contribution in [2.24, 2.45) is 5.73 Å². The van der Waals surface area contributed by atoms with Gasteiger partial charge in [-0.25, -0.2) is 0 Å². The van der Waals surface area contributed by atoms with Gasteiger partial charge in [0.05, 0.1) is 6.54 Å². The minimum Gasteiger partial charge on any atom is -0.339 e. The first-order valence-electron chi connectivity index (χ1n) is 6.78. The Bertz CT molecular complexity index is 726. The van der Waals surface area contributed by atoms with Crippen LogP contribution in [0.5, 0.6) is 0 Å². The van der Waals surface area contributed by atoms with E-state index in [9.17, 15) is 0 Å². The Balaban J connectivity index is 1.97. The molecule has 0 fully saturated rings. The maximum atomic E-state index is 5.80. The van der Waals surface area contributed by atoms with Crippen molar-refractivity contribution in [1.82, 2.24) is 14.7 Å². The quantitative estimate of drug-likeness (QED) is 0.791. The van der Waals surface area contributed by atoms with Gasteiger partial charge in [0.1, 0.15) is 0 Å². The molecule has 2 aromatic heterocycles. The first kappa shape index (κ1) is 12.9. The Hall–Kier alpha value is -2.14. The maximum absolute atomic E-state index is 5.80. The van der Waals surface area contributed by atoms with Crippen LogP contribution in [-0.4, -0.2) is 14.7 Å². The smallest absolute Gasteiger partial charge is 0.229 e. The number of aromatic nitrogens is 3. The molecule has 0 aliphatic carbocycles. The van der Waals surface area contributed by atoms with Gasteiger partial charge in [0.15, 0.2) is 5.82 Å². The van der Waals surface area contributed by atoms with Crippen LogP contribution < -0.4 is 5.73 Å². The lowest BCUT2D eigenvalue weighted by molar-refractivity contribution is 0.360. The summed E-state index contributed by atoms with van der Waals surface area (Å²) < 4.78 is 7.36. The van der Waals surface area contributed by atoms with Gasteiger partial charge in [-0.3, -0.25) is 0 Å². The largest absolute Gasteiger partial charge is 0.339 e. The van der Waals surface area contributed by atoms with Crippen LogP contribution in [0.25, 0.3) is 10.9 Å². The standard InChI is InChI=1S/C15H18N4O/c1-10(2)15-17-14(18-20-15)9-19-8-11(7-16)12-5-3-4-6-13(12)19/h3-6,8,10H,7,9,16H2,1-2H3. The predicted molar refractivity (Wildman–Crippen MR) is 77.3 cm³/mol. The van der Waals surface area contributed by atoms with Gasteiger partial charge in [-0.05, 0) is 11.6 Å². The van der Waals surface area contributed by atoms with Crippen molar-refractivity contribution < 1.29 is 4.52 Å². The molecule has 0 atom stereocenters. The molecular weight excluding hydrogens is 252 g/mol. The van der Waals surface area contributed by atoms with Gasteiger partial charge in [0.25, 0.3) is 0 Å². The molecule has 0 aliphatic heterocycles. The summed E-state index contributed by atoms with van der Waals surface area (Å²) in [5.74, 6) is 1.62. The van der Waals surface area contributed by atoms with E-state index in [2.05, 4.69) is 33.0 Å². The van der Waals surface area contributed by atoms with Crippen molar-refractivity contribution in [3.8, 4) is 0 Å². The average molecular weight is 270 g/mol. The van der Waals surface area contributed by atoms with Crippen molar-refractivity contribution in [3.63, 3.8) is 0 Å². The van der Waals surface area contributed by atoms with E-state index in [1.54, 1.807) is 0 Å².